The zero-order valence-corrected chi connectivity index (χ0v) is 17.1. The van der Waals surface area contributed by atoms with Gasteiger partial charge in [0.05, 0.1) is 16.8 Å². The van der Waals surface area contributed by atoms with Crippen LogP contribution in [-0.2, 0) is 0 Å². The van der Waals surface area contributed by atoms with Gasteiger partial charge >= 0.3 is 0 Å². The van der Waals surface area contributed by atoms with Crippen LogP contribution in [0.5, 0.6) is 0 Å². The largest absolute Gasteiger partial charge is 0.306 e. The van der Waals surface area contributed by atoms with Crippen molar-refractivity contribution >= 4 is 28.9 Å². The monoisotopic (exact) mass is 405 g/mol. The van der Waals surface area contributed by atoms with Crippen LogP contribution in [0, 0.1) is 0 Å². The van der Waals surface area contributed by atoms with Gasteiger partial charge < -0.3 is 4.90 Å². The first-order valence-electron chi connectivity index (χ1n) is 9.30. The van der Waals surface area contributed by atoms with Gasteiger partial charge in [-0.15, -0.1) is 0 Å². The van der Waals surface area contributed by atoms with Gasteiger partial charge in [-0.05, 0) is 26.0 Å². The Balaban J connectivity index is 0.000000236. The molecule has 3 aromatic rings. The van der Waals surface area contributed by atoms with Gasteiger partial charge in [-0.25, -0.2) is 14.4 Å². The molecule has 6 nitrogen and oxygen atoms in total. The number of halogens is 2. The van der Waals surface area contributed by atoms with Crippen LogP contribution in [0.3, 0.4) is 0 Å². The quantitative estimate of drug-likeness (QED) is 0.593. The van der Waals surface area contributed by atoms with Crippen molar-refractivity contribution in [2.75, 3.05) is 20.1 Å². The number of aromatic nitrogens is 4. The van der Waals surface area contributed by atoms with Crippen molar-refractivity contribution in [1.82, 2.24) is 24.4 Å². The molecule has 8 heteroatoms. The van der Waals surface area contributed by atoms with Crippen molar-refractivity contribution in [2.24, 2.45) is 0 Å². The van der Waals surface area contributed by atoms with E-state index in [1.165, 1.54) is 6.20 Å². The molecule has 1 aliphatic heterocycles. The number of fused-ring (bicyclic) bond motifs is 1. The van der Waals surface area contributed by atoms with Crippen LogP contribution in [0.4, 0.5) is 4.39 Å². The van der Waals surface area contributed by atoms with Gasteiger partial charge in [-0.3, -0.25) is 14.3 Å². The number of hydrogen-bond donors (Lipinski definition) is 0. The van der Waals surface area contributed by atoms with E-state index in [0.29, 0.717) is 33.7 Å². The molecule has 1 saturated heterocycles. The van der Waals surface area contributed by atoms with E-state index in [9.17, 15) is 9.18 Å². The predicted molar refractivity (Wildman–Crippen MR) is 110 cm³/mol. The third-order valence-corrected chi connectivity index (χ3v) is 4.67. The second kappa shape index (κ2) is 10.8. The third kappa shape index (κ3) is 5.33. The highest BCUT2D eigenvalue weighted by molar-refractivity contribution is 6.37. The van der Waals surface area contributed by atoms with Crippen LogP contribution in [0.2, 0.25) is 5.02 Å². The lowest BCUT2D eigenvalue weighted by Crippen LogP contribution is -2.30. The molecule has 4 rings (SSSR count). The zero-order valence-electron chi connectivity index (χ0n) is 16.3. The molecular weight excluding hydrogens is 381 g/mol. The maximum atomic E-state index is 12.3. The minimum absolute atomic E-state index is 0.376. The van der Waals surface area contributed by atoms with Crippen LogP contribution in [0.25, 0.3) is 16.9 Å². The summed E-state index contributed by atoms with van der Waals surface area (Å²) in [7, 11) is 2.03. The summed E-state index contributed by atoms with van der Waals surface area (Å²) < 4.78 is 14.1. The van der Waals surface area contributed by atoms with Gasteiger partial charge in [-0.1, -0.05) is 25.4 Å². The average molecular weight is 406 g/mol. The molecule has 0 radical (unpaired) electrons. The molecule has 0 aliphatic carbocycles. The maximum absolute atomic E-state index is 12.3. The summed E-state index contributed by atoms with van der Waals surface area (Å²) in [6.45, 7) is 5.86. The second-order valence-corrected chi connectivity index (χ2v) is 6.49. The number of carbonyl (C=O) groups excluding carboxylic acids is 1. The van der Waals surface area contributed by atoms with Crippen molar-refractivity contribution < 1.29 is 9.18 Å². The first-order valence-corrected chi connectivity index (χ1v) is 9.67. The van der Waals surface area contributed by atoms with Gasteiger partial charge in [0.1, 0.15) is 11.8 Å². The molecule has 4 heterocycles. The molecule has 3 aromatic heterocycles. The highest BCUT2D eigenvalue weighted by Gasteiger charge is 2.14. The lowest BCUT2D eigenvalue weighted by atomic mass is 10.1. The fraction of sp³-hybridized carbons (Fsp3) is 0.400. The molecule has 0 unspecified atom stereocenters. The average Bonchev–Trinajstić information content (AvgIpc) is 3.18. The van der Waals surface area contributed by atoms with Gasteiger partial charge in [0, 0.05) is 43.3 Å². The molecular formula is C20H25ClFN5O. The SMILES string of the molecule is CC.CN1CCC(F)CC1.O=Cc1cnc2c(ccn2-c2cnccn2)c1Cl. The Morgan fingerprint density at radius 3 is 2.46 bits per heavy atom. The molecule has 28 heavy (non-hydrogen) atoms. The van der Waals surface area contributed by atoms with Crippen molar-refractivity contribution in [1.29, 1.82) is 0 Å². The number of likely N-dealkylation sites (tertiary alicyclic amines) is 1. The minimum Gasteiger partial charge on any atom is -0.306 e. The fourth-order valence-corrected chi connectivity index (χ4v) is 2.97. The predicted octanol–water partition coefficient (Wildman–Crippen LogP) is 4.36. The van der Waals surface area contributed by atoms with E-state index >= 15 is 0 Å². The van der Waals surface area contributed by atoms with Gasteiger partial charge in [0.2, 0.25) is 0 Å². The third-order valence-electron chi connectivity index (χ3n) is 4.25. The van der Waals surface area contributed by atoms with Crippen LogP contribution >= 0.6 is 11.6 Å². The van der Waals surface area contributed by atoms with E-state index < -0.39 is 6.17 Å². The Bertz CT molecular complexity index is 869. The fourth-order valence-electron chi connectivity index (χ4n) is 2.73. The van der Waals surface area contributed by atoms with Gasteiger partial charge in [-0.2, -0.15) is 0 Å². The first-order chi connectivity index (χ1) is 13.6. The highest BCUT2D eigenvalue weighted by atomic mass is 35.5. The molecule has 0 N–H and O–H groups in total. The number of alkyl halides is 1. The smallest absolute Gasteiger partial charge is 0.156 e. The molecule has 0 spiro atoms. The van der Waals surface area contributed by atoms with E-state index in [1.54, 1.807) is 35.4 Å². The summed E-state index contributed by atoms with van der Waals surface area (Å²) in [5.74, 6) is 0.648. The van der Waals surface area contributed by atoms with Crippen LogP contribution in [0.15, 0.2) is 37.1 Å². The number of carbonyl (C=O) groups is 1. The molecule has 0 aromatic carbocycles. The van der Waals surface area contributed by atoms with Crippen molar-refractivity contribution in [3.8, 4) is 5.82 Å². The highest BCUT2D eigenvalue weighted by Crippen LogP contribution is 2.26. The van der Waals surface area contributed by atoms with E-state index in [-0.39, 0.29) is 0 Å². The Hall–Kier alpha value is -2.38. The first kappa shape index (κ1) is 21.9. The number of nitrogens with zero attached hydrogens (tertiary/aromatic N) is 5. The second-order valence-electron chi connectivity index (χ2n) is 6.11. The normalized spacial score (nSPS) is 14.6. The van der Waals surface area contributed by atoms with E-state index in [0.717, 1.165) is 25.9 Å². The van der Waals surface area contributed by atoms with Crippen molar-refractivity contribution in [3.63, 3.8) is 0 Å². The Morgan fingerprint density at radius 2 is 1.89 bits per heavy atom. The topological polar surface area (TPSA) is 63.9 Å². The Kier molecular flexibility index (Phi) is 8.47. The van der Waals surface area contributed by atoms with Gasteiger partial charge in [0.15, 0.2) is 12.1 Å². The number of aldehydes is 1. The maximum Gasteiger partial charge on any atom is 0.156 e. The summed E-state index contributed by atoms with van der Waals surface area (Å²) in [6, 6.07) is 1.80. The van der Waals surface area contributed by atoms with Crippen LogP contribution < -0.4 is 0 Å². The van der Waals surface area contributed by atoms with E-state index in [1.807, 2.05) is 20.9 Å². The van der Waals surface area contributed by atoms with Gasteiger partial charge in [0.25, 0.3) is 0 Å². The summed E-state index contributed by atoms with van der Waals surface area (Å²) >= 11 is 6.12. The molecule has 1 fully saturated rings. The Morgan fingerprint density at radius 1 is 1.18 bits per heavy atom. The summed E-state index contributed by atoms with van der Waals surface area (Å²) in [5, 5.41) is 1.12. The number of piperidine rings is 1. The van der Waals surface area contributed by atoms with E-state index in [4.69, 9.17) is 11.6 Å². The zero-order chi connectivity index (χ0) is 20.5. The van der Waals surface area contributed by atoms with Crippen LogP contribution in [0.1, 0.15) is 37.0 Å². The molecule has 0 bridgehead atoms. The Labute approximate surface area is 169 Å². The lowest BCUT2D eigenvalue weighted by Gasteiger charge is -2.23. The minimum atomic E-state index is -0.522. The number of rotatable bonds is 2. The lowest BCUT2D eigenvalue weighted by molar-refractivity contribution is 0.112. The molecule has 0 atom stereocenters. The van der Waals surface area contributed by atoms with E-state index in [2.05, 4.69) is 19.9 Å². The molecule has 0 amide bonds. The summed E-state index contributed by atoms with van der Waals surface area (Å²) in [6.07, 6.45) is 9.70. The molecule has 150 valence electrons. The number of hydrogen-bond acceptors (Lipinski definition) is 5. The van der Waals surface area contributed by atoms with Crippen LogP contribution in [-0.4, -0.2) is 57.0 Å². The number of pyridine rings is 1. The summed E-state index contributed by atoms with van der Waals surface area (Å²) in [5.41, 5.74) is 1.02. The van der Waals surface area contributed by atoms with Crippen molar-refractivity contribution in [3.05, 3.63) is 47.6 Å². The molecule has 0 saturated carbocycles. The molecule has 1 aliphatic rings. The standard InChI is InChI=1S/C12H7ClN4O.C6H12FN.C2H6/c13-11-8(7-18)5-16-12-9(11)1-4-17(12)10-6-14-2-3-15-10;1-8-4-2-6(7)3-5-8;1-2/h1-7H;6H,2-5H2,1H3;1-2H3. The van der Waals surface area contributed by atoms with Crippen molar-refractivity contribution in [2.45, 2.75) is 32.9 Å². The summed E-state index contributed by atoms with van der Waals surface area (Å²) in [4.78, 5) is 25.4.